The van der Waals surface area contributed by atoms with Crippen molar-refractivity contribution in [3.8, 4) is 11.5 Å². The van der Waals surface area contributed by atoms with Crippen molar-refractivity contribution >= 4 is 0 Å². The summed E-state index contributed by atoms with van der Waals surface area (Å²) < 4.78 is 18.6. The fourth-order valence-corrected chi connectivity index (χ4v) is 4.01. The van der Waals surface area contributed by atoms with Crippen LogP contribution in [0.25, 0.3) is 0 Å². The van der Waals surface area contributed by atoms with Crippen LogP contribution in [0.1, 0.15) is 61.2 Å². The summed E-state index contributed by atoms with van der Waals surface area (Å²) in [6, 6.07) is 37.3. The third kappa shape index (κ3) is 6.74. The van der Waals surface area contributed by atoms with Crippen molar-refractivity contribution in [2.45, 2.75) is 38.9 Å². The molecule has 2 unspecified atom stereocenters. The molecular formula is C32H34O3. The minimum Gasteiger partial charge on any atom is -0.494 e. The number of rotatable bonds is 12. The number of benzene rings is 4. The average molecular weight is 467 g/mol. The largest absolute Gasteiger partial charge is 0.494 e. The Morgan fingerprint density at radius 1 is 0.457 bits per heavy atom. The van der Waals surface area contributed by atoms with Gasteiger partial charge in [0.05, 0.1) is 13.2 Å². The van der Waals surface area contributed by atoms with Crippen molar-refractivity contribution < 1.29 is 14.2 Å². The summed E-state index contributed by atoms with van der Waals surface area (Å²) in [6.45, 7) is 5.65. The van der Waals surface area contributed by atoms with E-state index in [1.165, 1.54) is 0 Å². The molecule has 0 bridgehead atoms. The molecule has 180 valence electrons. The van der Waals surface area contributed by atoms with Crippen molar-refractivity contribution in [2.75, 3.05) is 13.2 Å². The molecule has 0 amide bonds. The maximum absolute atomic E-state index is 6.96. The molecule has 0 saturated heterocycles. The van der Waals surface area contributed by atoms with E-state index in [4.69, 9.17) is 14.2 Å². The van der Waals surface area contributed by atoms with E-state index in [0.29, 0.717) is 13.2 Å². The van der Waals surface area contributed by atoms with Gasteiger partial charge in [0.1, 0.15) is 23.7 Å². The molecule has 0 heterocycles. The van der Waals surface area contributed by atoms with Crippen LogP contribution in [0.2, 0.25) is 0 Å². The predicted octanol–water partition coefficient (Wildman–Crippen LogP) is 8.16. The van der Waals surface area contributed by atoms with E-state index in [1.54, 1.807) is 0 Å². The molecule has 4 aromatic carbocycles. The highest BCUT2D eigenvalue weighted by Gasteiger charge is 2.23. The standard InChI is InChI=1S/C32H34O3/c1-3-23-33-29-19-15-27(16-20-29)31(25-11-7-5-8-12-25)35-32(26-13-9-6-10-14-26)28-17-21-30(22-18-28)34-24-4-2/h5-22,31-32H,3-4,23-24H2,1-2H3. The molecular weight excluding hydrogens is 432 g/mol. The van der Waals surface area contributed by atoms with E-state index in [-0.39, 0.29) is 12.2 Å². The fraction of sp³-hybridized carbons (Fsp3) is 0.250. The molecule has 0 aliphatic rings. The van der Waals surface area contributed by atoms with E-state index in [2.05, 4.69) is 86.6 Å². The van der Waals surface area contributed by atoms with Crippen LogP contribution in [0.4, 0.5) is 0 Å². The minimum atomic E-state index is -0.238. The smallest absolute Gasteiger partial charge is 0.119 e. The highest BCUT2D eigenvalue weighted by molar-refractivity contribution is 5.37. The van der Waals surface area contributed by atoms with Gasteiger partial charge in [-0.1, -0.05) is 98.8 Å². The lowest BCUT2D eigenvalue weighted by molar-refractivity contribution is 0.0308. The maximum atomic E-state index is 6.96. The van der Waals surface area contributed by atoms with Crippen LogP contribution in [-0.2, 0) is 4.74 Å². The fourth-order valence-electron chi connectivity index (χ4n) is 4.01. The minimum absolute atomic E-state index is 0.238. The van der Waals surface area contributed by atoms with E-state index in [9.17, 15) is 0 Å². The molecule has 0 radical (unpaired) electrons. The highest BCUT2D eigenvalue weighted by Crippen LogP contribution is 2.37. The normalized spacial score (nSPS) is 12.6. The summed E-state index contributed by atoms with van der Waals surface area (Å²) in [5, 5.41) is 0. The second-order valence-electron chi connectivity index (χ2n) is 8.55. The molecule has 3 nitrogen and oxygen atoms in total. The molecule has 0 aliphatic carbocycles. The summed E-state index contributed by atoms with van der Waals surface area (Å²) in [5.41, 5.74) is 4.39. The van der Waals surface area contributed by atoms with E-state index in [0.717, 1.165) is 46.6 Å². The van der Waals surface area contributed by atoms with E-state index in [1.807, 2.05) is 36.4 Å². The van der Waals surface area contributed by atoms with Crippen LogP contribution in [0.3, 0.4) is 0 Å². The van der Waals surface area contributed by atoms with Crippen molar-refractivity contribution in [3.05, 3.63) is 131 Å². The zero-order chi connectivity index (χ0) is 24.3. The molecule has 4 rings (SSSR count). The summed E-state index contributed by atoms with van der Waals surface area (Å²) in [7, 11) is 0. The predicted molar refractivity (Wildman–Crippen MR) is 142 cm³/mol. The number of hydrogen-bond acceptors (Lipinski definition) is 3. The van der Waals surface area contributed by atoms with Gasteiger partial charge in [0.2, 0.25) is 0 Å². The Balaban J connectivity index is 1.68. The Morgan fingerprint density at radius 3 is 1.14 bits per heavy atom. The van der Waals surface area contributed by atoms with Crippen LogP contribution < -0.4 is 9.47 Å². The van der Waals surface area contributed by atoms with Crippen LogP contribution in [0, 0.1) is 0 Å². The maximum Gasteiger partial charge on any atom is 0.119 e. The van der Waals surface area contributed by atoms with Gasteiger partial charge in [0.25, 0.3) is 0 Å². The Bertz CT molecular complexity index is 1030. The first-order chi connectivity index (χ1) is 17.3. The van der Waals surface area contributed by atoms with E-state index < -0.39 is 0 Å². The van der Waals surface area contributed by atoms with E-state index >= 15 is 0 Å². The Kier molecular flexibility index (Phi) is 8.97. The molecule has 0 aromatic heterocycles. The van der Waals surface area contributed by atoms with Crippen LogP contribution >= 0.6 is 0 Å². The third-order valence-electron chi connectivity index (χ3n) is 5.79. The first-order valence-electron chi connectivity index (χ1n) is 12.5. The van der Waals surface area contributed by atoms with Gasteiger partial charge in [-0.2, -0.15) is 0 Å². The lowest BCUT2D eigenvalue weighted by atomic mass is 9.98. The summed E-state index contributed by atoms with van der Waals surface area (Å²) in [4.78, 5) is 0. The van der Waals surface area contributed by atoms with Gasteiger partial charge in [-0.15, -0.1) is 0 Å². The van der Waals surface area contributed by atoms with Crippen molar-refractivity contribution in [3.63, 3.8) is 0 Å². The van der Waals surface area contributed by atoms with Gasteiger partial charge in [0, 0.05) is 0 Å². The van der Waals surface area contributed by atoms with Gasteiger partial charge < -0.3 is 14.2 Å². The first-order valence-corrected chi connectivity index (χ1v) is 12.5. The molecule has 35 heavy (non-hydrogen) atoms. The zero-order valence-electron chi connectivity index (χ0n) is 20.6. The Morgan fingerprint density at radius 2 is 0.800 bits per heavy atom. The molecule has 3 heteroatoms. The molecule has 0 fully saturated rings. The third-order valence-corrected chi connectivity index (χ3v) is 5.79. The van der Waals surface area contributed by atoms with Crippen molar-refractivity contribution in [1.82, 2.24) is 0 Å². The molecule has 0 aliphatic heterocycles. The lowest BCUT2D eigenvalue weighted by Gasteiger charge is -2.27. The van der Waals surface area contributed by atoms with Gasteiger partial charge >= 0.3 is 0 Å². The van der Waals surface area contributed by atoms with Crippen molar-refractivity contribution in [1.29, 1.82) is 0 Å². The topological polar surface area (TPSA) is 27.7 Å². The molecule has 2 atom stereocenters. The molecule has 0 N–H and O–H groups in total. The van der Waals surface area contributed by atoms with Gasteiger partial charge in [-0.05, 0) is 59.4 Å². The van der Waals surface area contributed by atoms with Crippen molar-refractivity contribution in [2.24, 2.45) is 0 Å². The first kappa shape index (κ1) is 24.6. The summed E-state index contributed by atoms with van der Waals surface area (Å²) in [5.74, 6) is 1.76. The van der Waals surface area contributed by atoms with Crippen LogP contribution in [-0.4, -0.2) is 13.2 Å². The quantitative estimate of drug-likeness (QED) is 0.211. The van der Waals surface area contributed by atoms with Gasteiger partial charge in [0.15, 0.2) is 0 Å². The average Bonchev–Trinajstić information content (AvgIpc) is 2.93. The molecule has 0 saturated carbocycles. The van der Waals surface area contributed by atoms with Crippen LogP contribution in [0.15, 0.2) is 109 Å². The number of hydrogen-bond donors (Lipinski definition) is 0. The van der Waals surface area contributed by atoms with Crippen LogP contribution in [0.5, 0.6) is 11.5 Å². The molecule has 0 spiro atoms. The lowest BCUT2D eigenvalue weighted by Crippen LogP contribution is -2.13. The van der Waals surface area contributed by atoms with Gasteiger partial charge in [-0.25, -0.2) is 0 Å². The Hall–Kier alpha value is -3.56. The summed E-state index contributed by atoms with van der Waals surface area (Å²) >= 11 is 0. The second-order valence-corrected chi connectivity index (χ2v) is 8.55. The SMILES string of the molecule is CCCOc1ccc(C(OC(c2ccccc2)c2ccc(OCCC)cc2)c2ccccc2)cc1. The zero-order valence-corrected chi connectivity index (χ0v) is 20.6. The Labute approximate surface area is 209 Å². The number of ether oxygens (including phenoxy) is 3. The highest BCUT2D eigenvalue weighted by atomic mass is 16.5. The molecule has 4 aromatic rings. The van der Waals surface area contributed by atoms with Gasteiger partial charge in [-0.3, -0.25) is 0 Å². The summed E-state index contributed by atoms with van der Waals surface area (Å²) in [6.07, 6.45) is 1.49. The second kappa shape index (κ2) is 12.8. The monoisotopic (exact) mass is 466 g/mol.